The van der Waals surface area contributed by atoms with Gasteiger partial charge in [-0.2, -0.15) is 0 Å². The van der Waals surface area contributed by atoms with Crippen molar-refractivity contribution in [2.75, 3.05) is 5.32 Å². The summed E-state index contributed by atoms with van der Waals surface area (Å²) >= 11 is 1.27. The van der Waals surface area contributed by atoms with Crippen LogP contribution in [0.4, 0.5) is 5.13 Å². The molecule has 0 saturated carbocycles. The molecule has 4 rings (SSSR count). The van der Waals surface area contributed by atoms with E-state index in [-0.39, 0.29) is 23.6 Å². The minimum atomic E-state index is -0.506. The number of furan rings is 1. The second-order valence-corrected chi connectivity index (χ2v) is 7.10. The molecule has 10 nitrogen and oxygen atoms in total. The molecule has 0 aliphatic heterocycles. The minimum Gasteiger partial charge on any atom is -0.460 e. The van der Waals surface area contributed by atoms with Gasteiger partial charge in [0.15, 0.2) is 22.1 Å². The first-order valence-corrected chi connectivity index (χ1v) is 9.16. The van der Waals surface area contributed by atoms with Crippen molar-refractivity contribution in [2.45, 2.75) is 13.5 Å². The lowest BCUT2D eigenvalue weighted by molar-refractivity contribution is -0.116. The molecule has 0 aromatic carbocycles. The maximum absolute atomic E-state index is 12.4. The first-order chi connectivity index (χ1) is 13.3. The molecule has 4 heterocycles. The van der Waals surface area contributed by atoms with Crippen LogP contribution in [0.2, 0.25) is 0 Å². The van der Waals surface area contributed by atoms with Gasteiger partial charge in [0.05, 0.1) is 6.33 Å². The van der Waals surface area contributed by atoms with Crippen LogP contribution in [-0.2, 0) is 25.4 Å². The molecule has 0 atom stereocenters. The molecule has 4 aromatic rings. The topological polar surface area (TPSA) is 117 Å². The molecule has 0 bridgehead atoms. The van der Waals surface area contributed by atoms with Crippen LogP contribution in [-0.4, -0.2) is 29.6 Å². The van der Waals surface area contributed by atoms with Crippen molar-refractivity contribution in [3.8, 4) is 11.5 Å². The highest BCUT2D eigenvalue weighted by Gasteiger charge is 2.17. The number of carbonyl (C=O) groups is 1. The standard InChI is InChI=1S/C17H16N6O4S/c1-9-4-5-11(27-9)10-7-28-16(19-10)20-12(24)6-23-8-18-14-13(23)15(25)22(3)17(26)21(14)2/h4-5,7-8H,6H2,1-3H3,(H,19,20,24). The third-order valence-corrected chi connectivity index (χ3v) is 5.03. The summed E-state index contributed by atoms with van der Waals surface area (Å²) < 4.78 is 9.18. The fourth-order valence-corrected chi connectivity index (χ4v) is 3.56. The van der Waals surface area contributed by atoms with Crippen molar-refractivity contribution >= 4 is 33.5 Å². The summed E-state index contributed by atoms with van der Waals surface area (Å²) in [6.45, 7) is 1.70. The molecular formula is C17H16N6O4S. The molecule has 144 valence electrons. The molecular weight excluding hydrogens is 384 g/mol. The van der Waals surface area contributed by atoms with E-state index in [1.54, 1.807) is 5.38 Å². The number of anilines is 1. The van der Waals surface area contributed by atoms with Gasteiger partial charge in [-0.1, -0.05) is 0 Å². The first kappa shape index (κ1) is 17.9. The van der Waals surface area contributed by atoms with Gasteiger partial charge in [0.2, 0.25) is 5.91 Å². The number of rotatable bonds is 4. The van der Waals surface area contributed by atoms with Crippen molar-refractivity contribution in [2.24, 2.45) is 14.1 Å². The Morgan fingerprint density at radius 1 is 1.25 bits per heavy atom. The molecule has 28 heavy (non-hydrogen) atoms. The second-order valence-electron chi connectivity index (χ2n) is 6.25. The van der Waals surface area contributed by atoms with Crippen molar-refractivity contribution < 1.29 is 9.21 Å². The zero-order valence-corrected chi connectivity index (χ0v) is 16.1. The van der Waals surface area contributed by atoms with Crippen LogP contribution in [0.3, 0.4) is 0 Å². The molecule has 0 saturated heterocycles. The van der Waals surface area contributed by atoms with E-state index in [0.29, 0.717) is 16.6 Å². The van der Waals surface area contributed by atoms with Crippen LogP contribution < -0.4 is 16.6 Å². The monoisotopic (exact) mass is 400 g/mol. The van der Waals surface area contributed by atoms with E-state index in [2.05, 4.69) is 15.3 Å². The number of nitrogens with zero attached hydrogens (tertiary/aromatic N) is 5. The van der Waals surface area contributed by atoms with E-state index in [0.717, 1.165) is 10.3 Å². The molecule has 11 heteroatoms. The zero-order valence-electron chi connectivity index (χ0n) is 15.3. The van der Waals surface area contributed by atoms with E-state index in [1.165, 1.54) is 40.9 Å². The number of fused-ring (bicyclic) bond motifs is 1. The summed E-state index contributed by atoms with van der Waals surface area (Å²) in [5.41, 5.74) is 0.0606. The maximum atomic E-state index is 12.4. The van der Waals surface area contributed by atoms with Gasteiger partial charge >= 0.3 is 5.69 Å². The summed E-state index contributed by atoms with van der Waals surface area (Å²) in [7, 11) is 2.91. The highest BCUT2D eigenvalue weighted by molar-refractivity contribution is 7.14. The molecule has 0 radical (unpaired) electrons. The molecule has 1 amide bonds. The Morgan fingerprint density at radius 3 is 2.75 bits per heavy atom. The Kier molecular flexibility index (Phi) is 4.23. The third kappa shape index (κ3) is 2.95. The van der Waals surface area contributed by atoms with Crippen molar-refractivity contribution in [1.29, 1.82) is 0 Å². The van der Waals surface area contributed by atoms with Crippen LogP contribution in [0.5, 0.6) is 0 Å². The number of hydrogen-bond acceptors (Lipinski definition) is 7. The second kappa shape index (κ2) is 6.60. The van der Waals surface area contributed by atoms with Crippen LogP contribution in [0.1, 0.15) is 5.76 Å². The van der Waals surface area contributed by atoms with Gasteiger partial charge in [-0.15, -0.1) is 11.3 Å². The van der Waals surface area contributed by atoms with Crippen LogP contribution >= 0.6 is 11.3 Å². The minimum absolute atomic E-state index is 0.140. The largest absolute Gasteiger partial charge is 0.460 e. The summed E-state index contributed by atoms with van der Waals surface area (Å²) in [4.78, 5) is 45.3. The van der Waals surface area contributed by atoms with Gasteiger partial charge in [-0.3, -0.25) is 18.7 Å². The number of hydrogen-bond donors (Lipinski definition) is 1. The number of thiazole rings is 1. The van der Waals surface area contributed by atoms with Crippen LogP contribution in [0.25, 0.3) is 22.6 Å². The summed E-state index contributed by atoms with van der Waals surface area (Å²) in [5, 5.41) is 4.90. The van der Waals surface area contributed by atoms with Gasteiger partial charge in [-0.05, 0) is 19.1 Å². The molecule has 0 unspecified atom stereocenters. The van der Waals surface area contributed by atoms with Crippen molar-refractivity contribution in [1.82, 2.24) is 23.7 Å². The van der Waals surface area contributed by atoms with E-state index in [4.69, 9.17) is 4.42 Å². The number of aromatic nitrogens is 5. The first-order valence-electron chi connectivity index (χ1n) is 8.28. The van der Waals surface area contributed by atoms with E-state index < -0.39 is 11.2 Å². The Hall–Kier alpha value is -3.47. The SMILES string of the molecule is Cc1ccc(-c2csc(NC(=O)Cn3cnc4c3c(=O)n(C)c(=O)n4C)n2)o1. The van der Waals surface area contributed by atoms with Crippen molar-refractivity contribution in [3.63, 3.8) is 0 Å². The summed E-state index contributed by atoms with van der Waals surface area (Å²) in [6, 6.07) is 3.65. The molecule has 0 fully saturated rings. The van der Waals surface area contributed by atoms with Gasteiger partial charge in [-0.25, -0.2) is 14.8 Å². The lowest BCUT2D eigenvalue weighted by atomic mass is 10.4. The highest BCUT2D eigenvalue weighted by Crippen LogP contribution is 2.26. The third-order valence-electron chi connectivity index (χ3n) is 4.27. The Balaban J connectivity index is 1.57. The molecule has 4 aromatic heterocycles. The van der Waals surface area contributed by atoms with Gasteiger partial charge in [0, 0.05) is 19.5 Å². The number of amides is 1. The quantitative estimate of drug-likeness (QED) is 0.548. The Morgan fingerprint density at radius 2 is 2.04 bits per heavy atom. The lowest BCUT2D eigenvalue weighted by Gasteiger charge is -2.06. The zero-order chi connectivity index (χ0) is 20.0. The lowest BCUT2D eigenvalue weighted by Crippen LogP contribution is -2.37. The normalized spacial score (nSPS) is 11.2. The summed E-state index contributed by atoms with van der Waals surface area (Å²) in [6.07, 6.45) is 1.37. The van der Waals surface area contributed by atoms with Crippen LogP contribution in [0, 0.1) is 6.92 Å². The van der Waals surface area contributed by atoms with Gasteiger partial charge in [0.1, 0.15) is 18.0 Å². The predicted octanol–water partition coefficient (Wildman–Crippen LogP) is 1.10. The summed E-state index contributed by atoms with van der Waals surface area (Å²) in [5.74, 6) is 1.03. The molecule has 0 spiro atoms. The molecule has 0 aliphatic rings. The Bertz CT molecular complexity index is 1320. The predicted molar refractivity (Wildman–Crippen MR) is 103 cm³/mol. The highest BCUT2D eigenvalue weighted by atomic mass is 32.1. The smallest absolute Gasteiger partial charge is 0.332 e. The average Bonchev–Trinajstić information content (AvgIpc) is 3.38. The van der Waals surface area contributed by atoms with Gasteiger partial charge in [0.25, 0.3) is 5.56 Å². The fraction of sp³-hybridized carbons (Fsp3) is 0.235. The number of aryl methyl sites for hydroxylation is 2. The number of imidazole rings is 1. The number of carbonyl (C=O) groups excluding carboxylic acids is 1. The van der Waals surface area contributed by atoms with E-state index >= 15 is 0 Å². The van der Waals surface area contributed by atoms with Crippen LogP contribution in [0.15, 0.2) is 37.8 Å². The maximum Gasteiger partial charge on any atom is 0.332 e. The fourth-order valence-electron chi connectivity index (χ4n) is 2.85. The van der Waals surface area contributed by atoms with E-state index in [9.17, 15) is 14.4 Å². The average molecular weight is 400 g/mol. The number of nitrogens with one attached hydrogen (secondary N) is 1. The molecule has 1 N–H and O–H groups in total. The Labute approximate surface area is 161 Å². The molecule has 0 aliphatic carbocycles. The van der Waals surface area contributed by atoms with Crippen molar-refractivity contribution in [3.05, 3.63) is 50.4 Å². The van der Waals surface area contributed by atoms with Gasteiger partial charge < -0.3 is 14.3 Å². The van der Waals surface area contributed by atoms with E-state index in [1.807, 2.05) is 19.1 Å².